The molecule has 1 aliphatic carbocycles. The molecule has 37 heavy (non-hydrogen) atoms. The maximum Gasteiger partial charge on any atom is 0.166 e. The highest BCUT2D eigenvalue weighted by atomic mass is 32.2. The number of anilines is 3. The molecule has 190 valence electrons. The van der Waals surface area contributed by atoms with Gasteiger partial charge in [0, 0.05) is 39.1 Å². The summed E-state index contributed by atoms with van der Waals surface area (Å²) in [6, 6.07) is 24.7. The van der Waals surface area contributed by atoms with Gasteiger partial charge in [-0.25, -0.2) is 14.4 Å². The Labute approximate surface area is 223 Å². The lowest BCUT2D eigenvalue weighted by molar-refractivity contribution is 0.667. The molecule has 1 aliphatic rings. The Hall–Kier alpha value is -4.10. The fourth-order valence-corrected chi connectivity index (χ4v) is 4.66. The van der Waals surface area contributed by atoms with Crippen LogP contribution >= 0.6 is 11.8 Å². The van der Waals surface area contributed by atoms with Crippen LogP contribution < -0.4 is 10.2 Å². The second-order valence-electron chi connectivity index (χ2n) is 8.50. The SMILES string of the molecule is CSc1nc(C2=CC=C(F)C=CC2)c(-c2ccnc(NCCN(c3ccccc3)c3ccccc3)c2)[nH]1.[HH].[HH]. The predicted molar refractivity (Wildman–Crippen MR) is 157 cm³/mol. The first kappa shape index (κ1) is 24.6. The molecule has 2 aromatic heterocycles. The number of H-pyrrole nitrogens is 1. The van der Waals surface area contributed by atoms with E-state index >= 15 is 0 Å². The summed E-state index contributed by atoms with van der Waals surface area (Å²) in [6.07, 6.45) is 11.0. The van der Waals surface area contributed by atoms with Crippen LogP contribution in [-0.4, -0.2) is 34.3 Å². The number of rotatable bonds is 9. The molecule has 2 aromatic carbocycles. The third-order valence-corrected chi connectivity index (χ3v) is 6.64. The molecule has 5 rings (SSSR count). The second kappa shape index (κ2) is 11.8. The zero-order chi connectivity index (χ0) is 25.5. The van der Waals surface area contributed by atoms with Gasteiger partial charge in [-0.05, 0) is 66.8 Å². The van der Waals surface area contributed by atoms with Crippen LogP contribution in [0, 0.1) is 0 Å². The number of benzene rings is 2. The van der Waals surface area contributed by atoms with E-state index in [0.29, 0.717) is 13.0 Å². The molecule has 5 nitrogen and oxygen atoms in total. The number of hydrogen-bond donors (Lipinski definition) is 2. The van der Waals surface area contributed by atoms with Gasteiger partial charge in [0.25, 0.3) is 0 Å². The van der Waals surface area contributed by atoms with Crippen LogP contribution in [-0.2, 0) is 0 Å². The summed E-state index contributed by atoms with van der Waals surface area (Å²) >= 11 is 1.55. The number of allylic oxidation sites excluding steroid dienone is 6. The number of para-hydroxylation sites is 2. The Balaban J connectivity index is 0.00000210. The number of aromatic amines is 1. The highest BCUT2D eigenvalue weighted by molar-refractivity contribution is 7.98. The van der Waals surface area contributed by atoms with E-state index in [2.05, 4.69) is 68.7 Å². The number of aromatic nitrogens is 3. The summed E-state index contributed by atoms with van der Waals surface area (Å²) in [6.45, 7) is 1.47. The Bertz CT molecular complexity index is 1400. The van der Waals surface area contributed by atoms with Gasteiger partial charge in [-0.15, -0.1) is 0 Å². The third-order valence-electron chi connectivity index (χ3n) is 6.06. The molecular formula is C30H32FN5S. The first-order valence-corrected chi connectivity index (χ1v) is 13.4. The van der Waals surface area contributed by atoms with E-state index < -0.39 is 0 Å². The largest absolute Gasteiger partial charge is 0.368 e. The number of nitrogens with zero attached hydrogens (tertiary/aromatic N) is 3. The lowest BCUT2D eigenvalue weighted by Gasteiger charge is -2.25. The third kappa shape index (κ3) is 6.01. The maximum absolute atomic E-state index is 13.7. The van der Waals surface area contributed by atoms with Crippen LogP contribution in [0.2, 0.25) is 0 Å². The molecule has 0 spiro atoms. The van der Waals surface area contributed by atoms with Gasteiger partial charge in [0.15, 0.2) is 5.16 Å². The van der Waals surface area contributed by atoms with Crippen molar-refractivity contribution in [2.45, 2.75) is 11.6 Å². The van der Waals surface area contributed by atoms with Crippen LogP contribution in [0.4, 0.5) is 21.6 Å². The van der Waals surface area contributed by atoms with Gasteiger partial charge in [-0.3, -0.25) is 0 Å². The van der Waals surface area contributed by atoms with Gasteiger partial charge in [-0.1, -0.05) is 60.3 Å². The molecule has 0 saturated heterocycles. The molecule has 2 N–H and O–H groups in total. The molecule has 0 aliphatic heterocycles. The Morgan fingerprint density at radius 3 is 2.46 bits per heavy atom. The minimum atomic E-state index is -0.257. The molecule has 7 heteroatoms. The van der Waals surface area contributed by atoms with Crippen LogP contribution in [0.3, 0.4) is 0 Å². The lowest BCUT2D eigenvalue weighted by atomic mass is 10.0. The van der Waals surface area contributed by atoms with Crippen LogP contribution in [0.5, 0.6) is 0 Å². The van der Waals surface area contributed by atoms with Gasteiger partial charge in [0.2, 0.25) is 0 Å². The van der Waals surface area contributed by atoms with Crippen molar-refractivity contribution in [2.24, 2.45) is 0 Å². The van der Waals surface area contributed by atoms with Crippen molar-refractivity contribution in [1.29, 1.82) is 0 Å². The number of halogens is 1. The highest BCUT2D eigenvalue weighted by Crippen LogP contribution is 2.33. The summed E-state index contributed by atoms with van der Waals surface area (Å²) in [4.78, 5) is 15.0. The molecule has 4 aromatic rings. The zero-order valence-corrected chi connectivity index (χ0v) is 21.4. The number of pyridine rings is 1. The van der Waals surface area contributed by atoms with Crippen molar-refractivity contribution in [3.05, 3.63) is 115 Å². The average molecular weight is 514 g/mol. The topological polar surface area (TPSA) is 56.8 Å². The first-order valence-electron chi connectivity index (χ1n) is 12.2. The van der Waals surface area contributed by atoms with Crippen molar-refractivity contribution in [3.8, 4) is 11.3 Å². The number of imidazole rings is 1. The lowest BCUT2D eigenvalue weighted by Crippen LogP contribution is -2.24. The molecule has 0 bridgehead atoms. The molecule has 0 amide bonds. The van der Waals surface area contributed by atoms with Gasteiger partial charge >= 0.3 is 0 Å². The van der Waals surface area contributed by atoms with Crippen molar-refractivity contribution in [1.82, 2.24) is 15.0 Å². The smallest absolute Gasteiger partial charge is 0.166 e. The standard InChI is InChI=1S/C30H28FN5S.2H2/c1-37-30-34-28(22-9-8-10-24(31)16-15-22)29(35-30)23-17-18-32-27(21-23)33-19-20-36(25-11-4-2-5-12-25)26-13-6-3-7-14-26;;/h2-8,10-18,21H,9,19-20H2,1H3,(H,32,33)(H,34,35);2*1H. The molecule has 0 unspecified atom stereocenters. The predicted octanol–water partition coefficient (Wildman–Crippen LogP) is 8.13. The van der Waals surface area contributed by atoms with Crippen molar-refractivity contribution in [3.63, 3.8) is 0 Å². The molecular weight excluding hydrogens is 481 g/mol. The van der Waals surface area contributed by atoms with Crippen LogP contribution in [0.1, 0.15) is 15.0 Å². The summed E-state index contributed by atoms with van der Waals surface area (Å²) in [5.41, 5.74) is 5.95. The van der Waals surface area contributed by atoms with Gasteiger partial charge < -0.3 is 15.2 Å². The summed E-state index contributed by atoms with van der Waals surface area (Å²) < 4.78 is 13.7. The van der Waals surface area contributed by atoms with Gasteiger partial charge in [0.1, 0.15) is 11.6 Å². The van der Waals surface area contributed by atoms with Gasteiger partial charge in [-0.2, -0.15) is 0 Å². The van der Waals surface area contributed by atoms with Crippen molar-refractivity contribution >= 4 is 34.5 Å². The van der Waals surface area contributed by atoms with E-state index in [9.17, 15) is 4.39 Å². The average Bonchev–Trinajstić information content (AvgIpc) is 3.27. The van der Waals surface area contributed by atoms with E-state index in [-0.39, 0.29) is 8.68 Å². The Morgan fingerprint density at radius 1 is 1.03 bits per heavy atom. The molecule has 0 atom stereocenters. The Morgan fingerprint density at radius 2 is 1.76 bits per heavy atom. The minimum absolute atomic E-state index is 0. The minimum Gasteiger partial charge on any atom is -0.368 e. The van der Waals surface area contributed by atoms with E-state index in [1.54, 1.807) is 24.0 Å². The van der Waals surface area contributed by atoms with Crippen LogP contribution in [0.25, 0.3) is 16.8 Å². The number of thioether (sulfide) groups is 1. The Kier molecular flexibility index (Phi) is 7.81. The quantitative estimate of drug-likeness (QED) is 0.221. The number of hydrogen-bond acceptors (Lipinski definition) is 5. The second-order valence-corrected chi connectivity index (χ2v) is 9.29. The highest BCUT2D eigenvalue weighted by Gasteiger charge is 2.17. The molecule has 0 radical (unpaired) electrons. The van der Waals surface area contributed by atoms with E-state index in [1.165, 1.54) is 12.2 Å². The fourth-order valence-electron chi connectivity index (χ4n) is 4.27. The van der Waals surface area contributed by atoms with Crippen LogP contribution in [0.15, 0.2) is 114 Å². The van der Waals surface area contributed by atoms with Crippen molar-refractivity contribution < 1.29 is 7.24 Å². The zero-order valence-electron chi connectivity index (χ0n) is 20.6. The molecule has 0 saturated carbocycles. The van der Waals surface area contributed by atoms with E-state index in [1.807, 2.05) is 36.6 Å². The summed E-state index contributed by atoms with van der Waals surface area (Å²) in [7, 11) is 0. The van der Waals surface area contributed by atoms with E-state index in [0.717, 1.165) is 51.4 Å². The van der Waals surface area contributed by atoms with E-state index in [4.69, 9.17) is 4.98 Å². The maximum atomic E-state index is 13.7. The first-order chi connectivity index (χ1) is 18.2. The molecule has 0 fully saturated rings. The van der Waals surface area contributed by atoms with Crippen molar-refractivity contribution in [2.75, 3.05) is 29.6 Å². The van der Waals surface area contributed by atoms with Gasteiger partial charge in [0.05, 0.1) is 11.4 Å². The summed E-state index contributed by atoms with van der Waals surface area (Å²) in [5, 5.41) is 4.30. The molecule has 2 heterocycles. The number of nitrogens with one attached hydrogen (secondary N) is 2. The fraction of sp³-hybridized carbons (Fsp3) is 0.133. The normalized spacial score (nSPS) is 13.0. The summed E-state index contributed by atoms with van der Waals surface area (Å²) in [5.74, 6) is 0.526. The monoisotopic (exact) mass is 513 g/mol.